The number of carbonyl (C=O) groups excluding carboxylic acids is 2. The maximum Gasteiger partial charge on any atom is 0.217 e. The molecule has 0 spiro atoms. The molecule has 0 aliphatic heterocycles. The van der Waals surface area contributed by atoms with Crippen molar-refractivity contribution in [2.24, 2.45) is 5.92 Å². The van der Waals surface area contributed by atoms with Crippen LogP contribution in [0.1, 0.15) is 39.0 Å². The lowest BCUT2D eigenvalue weighted by Gasteiger charge is -2.42. The van der Waals surface area contributed by atoms with Crippen molar-refractivity contribution in [3.05, 3.63) is 0 Å². The van der Waals surface area contributed by atoms with Crippen LogP contribution in [0.25, 0.3) is 0 Å². The number of ether oxygens (including phenoxy) is 1. The zero-order valence-corrected chi connectivity index (χ0v) is 15.4. The molecule has 0 saturated heterocycles. The molecule has 4 N–H and O–H groups in total. The first kappa shape index (κ1) is 20.8. The van der Waals surface area contributed by atoms with Crippen molar-refractivity contribution in [1.82, 2.24) is 5.32 Å². The zero-order chi connectivity index (χ0) is 17.4. The molecule has 1 aliphatic carbocycles. The Balaban J connectivity index is 2.49. The molecule has 7 nitrogen and oxygen atoms in total. The molecular formula is C15H26INO6. The first-order valence-electron chi connectivity index (χ1n) is 7.90. The summed E-state index contributed by atoms with van der Waals surface area (Å²) in [5.74, 6) is -0.783. The van der Waals surface area contributed by atoms with Crippen molar-refractivity contribution in [2.75, 3.05) is 13.2 Å². The fourth-order valence-corrected chi connectivity index (χ4v) is 3.22. The summed E-state index contributed by atoms with van der Waals surface area (Å²) in [6, 6.07) is -0.693. The van der Waals surface area contributed by atoms with Crippen LogP contribution in [0, 0.1) is 5.92 Å². The minimum Gasteiger partial charge on any atom is -0.396 e. The highest BCUT2D eigenvalue weighted by molar-refractivity contribution is 14.1. The molecule has 1 amide bonds. The SMILES string of the molecule is CC(=O)NC1C(OCCCCCC(=O)I)CC(CO)C(O)C1O. The van der Waals surface area contributed by atoms with Gasteiger partial charge in [-0.15, -0.1) is 0 Å². The Kier molecular flexibility index (Phi) is 9.52. The number of carbonyl (C=O) groups is 2. The van der Waals surface area contributed by atoms with Gasteiger partial charge >= 0.3 is 0 Å². The largest absolute Gasteiger partial charge is 0.396 e. The van der Waals surface area contributed by atoms with E-state index >= 15 is 0 Å². The normalized spacial score (nSPS) is 30.9. The predicted molar refractivity (Wildman–Crippen MR) is 92.0 cm³/mol. The van der Waals surface area contributed by atoms with Crippen molar-refractivity contribution in [3.63, 3.8) is 0 Å². The van der Waals surface area contributed by atoms with Gasteiger partial charge in [0.15, 0.2) is 3.79 Å². The summed E-state index contributed by atoms with van der Waals surface area (Å²) in [6.45, 7) is 1.54. The number of unbranched alkanes of at least 4 members (excludes halogenated alkanes) is 2. The van der Waals surface area contributed by atoms with Crippen LogP contribution in [-0.2, 0) is 14.3 Å². The monoisotopic (exact) mass is 443 g/mol. The minimum absolute atomic E-state index is 0.143. The first-order chi connectivity index (χ1) is 10.9. The molecule has 1 aliphatic rings. The van der Waals surface area contributed by atoms with E-state index < -0.39 is 30.3 Å². The van der Waals surface area contributed by atoms with Crippen molar-refractivity contribution in [1.29, 1.82) is 0 Å². The number of hydrogen-bond donors (Lipinski definition) is 4. The highest BCUT2D eigenvalue weighted by atomic mass is 127. The van der Waals surface area contributed by atoms with E-state index in [9.17, 15) is 24.9 Å². The lowest BCUT2D eigenvalue weighted by molar-refractivity contribution is -0.142. The second-order valence-corrected chi connectivity index (χ2v) is 7.16. The van der Waals surface area contributed by atoms with E-state index in [4.69, 9.17) is 4.74 Å². The Hall–Kier alpha value is -0.290. The molecule has 5 atom stereocenters. The minimum atomic E-state index is -1.17. The average Bonchev–Trinajstić information content (AvgIpc) is 2.48. The molecule has 23 heavy (non-hydrogen) atoms. The van der Waals surface area contributed by atoms with Gasteiger partial charge in [-0.2, -0.15) is 0 Å². The summed E-state index contributed by atoms with van der Waals surface area (Å²) in [4.78, 5) is 22.1. The molecule has 8 heteroatoms. The quantitative estimate of drug-likeness (QED) is 0.229. The molecule has 0 radical (unpaired) electrons. The van der Waals surface area contributed by atoms with E-state index in [-0.39, 0.29) is 16.3 Å². The molecule has 0 bridgehead atoms. The molecule has 0 aromatic heterocycles. The number of amides is 1. The number of nitrogens with one attached hydrogen (secondary N) is 1. The Labute approximate surface area is 149 Å². The van der Waals surface area contributed by atoms with Crippen LogP contribution in [0.15, 0.2) is 0 Å². The fraction of sp³-hybridized carbons (Fsp3) is 0.867. The van der Waals surface area contributed by atoms with Gasteiger partial charge in [-0.3, -0.25) is 9.59 Å². The number of hydrogen-bond acceptors (Lipinski definition) is 6. The van der Waals surface area contributed by atoms with E-state index in [0.717, 1.165) is 19.3 Å². The van der Waals surface area contributed by atoms with Crippen LogP contribution in [-0.4, -0.2) is 62.6 Å². The molecular weight excluding hydrogens is 417 g/mol. The molecule has 1 rings (SSSR count). The Morgan fingerprint density at radius 2 is 1.91 bits per heavy atom. The molecule has 134 valence electrons. The summed E-state index contributed by atoms with van der Waals surface area (Å²) >= 11 is 1.78. The number of halogens is 1. The summed E-state index contributed by atoms with van der Waals surface area (Å²) < 4.78 is 5.91. The summed E-state index contributed by atoms with van der Waals surface area (Å²) in [6.07, 6.45) is 0.641. The van der Waals surface area contributed by atoms with Gasteiger partial charge in [0.25, 0.3) is 0 Å². The van der Waals surface area contributed by atoms with Crippen LogP contribution in [0.2, 0.25) is 0 Å². The lowest BCUT2D eigenvalue weighted by Crippen LogP contribution is -2.61. The molecule has 5 unspecified atom stereocenters. The summed E-state index contributed by atoms with van der Waals surface area (Å²) in [7, 11) is 0. The molecule has 0 aromatic carbocycles. The van der Waals surface area contributed by atoms with Crippen molar-refractivity contribution in [2.45, 2.75) is 63.4 Å². The Morgan fingerprint density at radius 3 is 2.48 bits per heavy atom. The topological polar surface area (TPSA) is 116 Å². The third-order valence-corrected chi connectivity index (χ3v) is 4.63. The van der Waals surface area contributed by atoms with Crippen molar-refractivity contribution in [3.8, 4) is 0 Å². The van der Waals surface area contributed by atoms with Gasteiger partial charge in [0.05, 0.1) is 18.2 Å². The number of aliphatic hydroxyl groups is 3. The second kappa shape index (κ2) is 10.5. The standard InChI is InChI=1S/C15H26INO6/c1-9(19)17-13-11(7-10(8-18)14(21)15(13)22)23-6-4-2-3-5-12(16)20/h10-11,13-15,18,21-22H,2-8H2,1H3,(H,17,19). The molecule has 0 heterocycles. The second-order valence-electron chi connectivity index (χ2n) is 5.96. The zero-order valence-electron chi connectivity index (χ0n) is 13.3. The van der Waals surface area contributed by atoms with E-state index in [2.05, 4.69) is 5.32 Å². The third-order valence-electron chi connectivity index (χ3n) is 4.09. The van der Waals surface area contributed by atoms with Gasteiger partial charge in [-0.05, 0) is 41.9 Å². The molecule has 1 saturated carbocycles. The average molecular weight is 443 g/mol. The number of aliphatic hydroxyl groups excluding tert-OH is 3. The van der Waals surface area contributed by atoms with E-state index in [1.54, 1.807) is 22.6 Å². The Bertz CT molecular complexity index is 394. The van der Waals surface area contributed by atoms with Crippen LogP contribution in [0.4, 0.5) is 0 Å². The summed E-state index contributed by atoms with van der Waals surface area (Å²) in [5, 5.41) is 32.1. The van der Waals surface area contributed by atoms with Gasteiger partial charge in [0.2, 0.25) is 5.91 Å². The van der Waals surface area contributed by atoms with Crippen LogP contribution < -0.4 is 5.32 Å². The first-order valence-corrected chi connectivity index (χ1v) is 8.98. The predicted octanol–water partition coefficient (Wildman–Crippen LogP) is 0.132. The van der Waals surface area contributed by atoms with Gasteiger partial charge in [-0.1, -0.05) is 6.42 Å². The fourth-order valence-electron chi connectivity index (χ4n) is 2.84. The van der Waals surface area contributed by atoms with Gasteiger partial charge in [0, 0.05) is 32.5 Å². The lowest BCUT2D eigenvalue weighted by atomic mass is 9.79. The smallest absolute Gasteiger partial charge is 0.217 e. The van der Waals surface area contributed by atoms with E-state index in [1.165, 1.54) is 6.92 Å². The van der Waals surface area contributed by atoms with Gasteiger partial charge < -0.3 is 25.4 Å². The highest BCUT2D eigenvalue weighted by Crippen LogP contribution is 2.28. The van der Waals surface area contributed by atoms with Crippen LogP contribution >= 0.6 is 22.6 Å². The van der Waals surface area contributed by atoms with Crippen LogP contribution in [0.5, 0.6) is 0 Å². The van der Waals surface area contributed by atoms with Crippen LogP contribution in [0.3, 0.4) is 0 Å². The van der Waals surface area contributed by atoms with Crippen molar-refractivity contribution >= 4 is 32.3 Å². The highest BCUT2D eigenvalue weighted by Gasteiger charge is 2.44. The molecule has 1 fully saturated rings. The van der Waals surface area contributed by atoms with Crippen molar-refractivity contribution < 1.29 is 29.6 Å². The Morgan fingerprint density at radius 1 is 1.22 bits per heavy atom. The van der Waals surface area contributed by atoms with Gasteiger partial charge in [0.1, 0.15) is 6.10 Å². The van der Waals surface area contributed by atoms with E-state index in [0.29, 0.717) is 19.4 Å². The molecule has 0 aromatic rings. The summed E-state index contributed by atoms with van der Waals surface area (Å²) in [5.41, 5.74) is 0. The maximum atomic E-state index is 11.3. The maximum absolute atomic E-state index is 11.3. The third kappa shape index (κ3) is 7.00. The number of rotatable bonds is 9. The van der Waals surface area contributed by atoms with E-state index in [1.807, 2.05) is 0 Å². The van der Waals surface area contributed by atoms with Gasteiger partial charge in [-0.25, -0.2) is 0 Å².